The van der Waals surface area contributed by atoms with E-state index >= 15 is 0 Å². The molecule has 5 heteroatoms. The zero-order valence-electron chi connectivity index (χ0n) is 10.3. The predicted molar refractivity (Wildman–Crippen MR) is 66.0 cm³/mol. The third-order valence-electron chi connectivity index (χ3n) is 2.54. The summed E-state index contributed by atoms with van der Waals surface area (Å²) < 4.78 is 7.34. The lowest BCUT2D eigenvalue weighted by atomic mass is 10.3. The van der Waals surface area contributed by atoms with E-state index in [9.17, 15) is 0 Å². The molecular weight excluding hydrogens is 216 g/mol. The van der Waals surface area contributed by atoms with Crippen molar-refractivity contribution in [1.29, 1.82) is 0 Å². The van der Waals surface area contributed by atoms with Gasteiger partial charge in [0.25, 0.3) is 0 Å². The quantitative estimate of drug-likeness (QED) is 0.879. The molecule has 0 aliphatic carbocycles. The van der Waals surface area contributed by atoms with Gasteiger partial charge in [-0.15, -0.1) is 0 Å². The molecule has 0 amide bonds. The number of pyridine rings is 1. The Morgan fingerprint density at radius 1 is 1.41 bits per heavy atom. The van der Waals surface area contributed by atoms with Crippen molar-refractivity contribution in [2.75, 3.05) is 5.73 Å². The molecule has 2 N–H and O–H groups in total. The fourth-order valence-electron chi connectivity index (χ4n) is 1.59. The third-order valence-corrected chi connectivity index (χ3v) is 2.54. The Balaban J connectivity index is 2.29. The van der Waals surface area contributed by atoms with E-state index in [1.165, 1.54) is 0 Å². The van der Waals surface area contributed by atoms with E-state index in [0.29, 0.717) is 17.3 Å². The van der Waals surface area contributed by atoms with Crippen LogP contribution in [-0.4, -0.2) is 14.8 Å². The van der Waals surface area contributed by atoms with Crippen LogP contribution in [0.5, 0.6) is 11.6 Å². The molecule has 2 aromatic heterocycles. The predicted octanol–water partition coefficient (Wildman–Crippen LogP) is 2.06. The van der Waals surface area contributed by atoms with Gasteiger partial charge >= 0.3 is 0 Å². The van der Waals surface area contributed by atoms with Gasteiger partial charge in [0.1, 0.15) is 11.4 Å². The molecule has 0 aliphatic heterocycles. The van der Waals surface area contributed by atoms with Gasteiger partial charge in [0.15, 0.2) is 0 Å². The van der Waals surface area contributed by atoms with Crippen molar-refractivity contribution in [3.63, 3.8) is 0 Å². The fraction of sp³-hybridized carbons (Fsp3) is 0.333. The van der Waals surface area contributed by atoms with Gasteiger partial charge in [-0.2, -0.15) is 5.10 Å². The minimum atomic E-state index is 0.563. The van der Waals surface area contributed by atoms with Crippen LogP contribution < -0.4 is 10.5 Å². The summed E-state index contributed by atoms with van der Waals surface area (Å²) in [5, 5.41) is 4.29. The van der Waals surface area contributed by atoms with Crippen molar-refractivity contribution in [2.24, 2.45) is 7.05 Å². The first-order valence-corrected chi connectivity index (χ1v) is 5.53. The van der Waals surface area contributed by atoms with Gasteiger partial charge in [-0.05, 0) is 25.5 Å². The van der Waals surface area contributed by atoms with Gasteiger partial charge in [0.2, 0.25) is 5.88 Å². The molecule has 0 saturated carbocycles. The average Bonchev–Trinajstić information content (AvgIpc) is 2.59. The van der Waals surface area contributed by atoms with Crippen molar-refractivity contribution >= 4 is 5.69 Å². The highest BCUT2D eigenvalue weighted by molar-refractivity contribution is 5.54. The third kappa shape index (κ3) is 2.22. The van der Waals surface area contributed by atoms with E-state index in [2.05, 4.69) is 10.1 Å². The van der Waals surface area contributed by atoms with Crippen molar-refractivity contribution in [3.05, 3.63) is 29.7 Å². The van der Waals surface area contributed by atoms with Crippen molar-refractivity contribution in [2.45, 2.75) is 20.3 Å². The van der Waals surface area contributed by atoms with Gasteiger partial charge in [-0.3, -0.25) is 4.98 Å². The number of hydrogen-bond donors (Lipinski definition) is 1. The molecule has 0 atom stereocenters. The molecule has 17 heavy (non-hydrogen) atoms. The Morgan fingerprint density at radius 2 is 2.18 bits per heavy atom. The van der Waals surface area contributed by atoms with Crippen LogP contribution in [-0.2, 0) is 13.5 Å². The first-order chi connectivity index (χ1) is 8.11. The molecule has 0 aliphatic rings. The molecular formula is C12H16N4O. The second-order valence-corrected chi connectivity index (χ2v) is 3.88. The molecule has 0 spiro atoms. The zero-order valence-corrected chi connectivity index (χ0v) is 10.3. The normalized spacial score (nSPS) is 10.5. The number of nitrogen functional groups attached to an aromatic ring is 1. The van der Waals surface area contributed by atoms with Crippen molar-refractivity contribution in [3.8, 4) is 11.6 Å². The highest BCUT2D eigenvalue weighted by atomic mass is 16.5. The highest BCUT2D eigenvalue weighted by Crippen LogP contribution is 2.29. The van der Waals surface area contributed by atoms with E-state index in [-0.39, 0.29) is 0 Å². The van der Waals surface area contributed by atoms with Crippen LogP contribution in [0.3, 0.4) is 0 Å². The first kappa shape index (κ1) is 11.4. The molecule has 0 bridgehead atoms. The van der Waals surface area contributed by atoms with E-state index in [4.69, 9.17) is 10.5 Å². The molecule has 0 unspecified atom stereocenters. The SMILES string of the molecule is CCc1nn(C)c(Oc2ccc(C)nc2)c1N. The number of nitrogens with two attached hydrogens (primary N) is 1. The van der Waals surface area contributed by atoms with E-state index < -0.39 is 0 Å². The summed E-state index contributed by atoms with van der Waals surface area (Å²) in [6, 6.07) is 3.75. The Kier molecular flexibility index (Phi) is 2.99. The van der Waals surface area contributed by atoms with Crippen LogP contribution in [0.2, 0.25) is 0 Å². The summed E-state index contributed by atoms with van der Waals surface area (Å²) in [4.78, 5) is 4.17. The molecule has 90 valence electrons. The van der Waals surface area contributed by atoms with Crippen molar-refractivity contribution < 1.29 is 4.74 Å². The Hall–Kier alpha value is -2.04. The molecule has 0 saturated heterocycles. The summed E-state index contributed by atoms with van der Waals surface area (Å²) in [7, 11) is 1.81. The molecule has 2 rings (SSSR count). The summed E-state index contributed by atoms with van der Waals surface area (Å²) >= 11 is 0. The van der Waals surface area contributed by atoms with E-state index in [1.807, 2.05) is 33.0 Å². The van der Waals surface area contributed by atoms with Crippen LogP contribution in [0.1, 0.15) is 18.3 Å². The maximum atomic E-state index is 5.96. The standard InChI is InChI=1S/C12H16N4O/c1-4-10-11(13)12(16(3)15-10)17-9-6-5-8(2)14-7-9/h5-7H,4,13H2,1-3H3. The topological polar surface area (TPSA) is 66.0 Å². The Bertz CT molecular complexity index is 516. The van der Waals surface area contributed by atoms with Crippen LogP contribution in [0.4, 0.5) is 5.69 Å². The monoisotopic (exact) mass is 232 g/mol. The lowest BCUT2D eigenvalue weighted by Gasteiger charge is -2.06. The number of hydrogen-bond acceptors (Lipinski definition) is 4. The lowest BCUT2D eigenvalue weighted by molar-refractivity contribution is 0.430. The maximum absolute atomic E-state index is 5.96. The number of aryl methyl sites for hydroxylation is 3. The molecule has 2 aromatic rings. The number of rotatable bonds is 3. The Labute approximate surface area is 100 Å². The largest absolute Gasteiger partial charge is 0.436 e. The number of ether oxygens (including phenoxy) is 1. The summed E-state index contributed by atoms with van der Waals surface area (Å²) in [5.74, 6) is 1.22. The van der Waals surface area contributed by atoms with Gasteiger partial charge in [0, 0.05) is 12.7 Å². The minimum Gasteiger partial charge on any atom is -0.436 e. The van der Waals surface area contributed by atoms with Crippen molar-refractivity contribution in [1.82, 2.24) is 14.8 Å². The lowest BCUT2D eigenvalue weighted by Crippen LogP contribution is -1.97. The van der Waals surface area contributed by atoms with Gasteiger partial charge in [0.05, 0.1) is 11.9 Å². The van der Waals surface area contributed by atoms with Crippen LogP contribution in [0.15, 0.2) is 18.3 Å². The molecule has 0 aromatic carbocycles. The van der Waals surface area contributed by atoms with Gasteiger partial charge in [-0.25, -0.2) is 4.68 Å². The number of anilines is 1. The molecule has 0 radical (unpaired) electrons. The Morgan fingerprint density at radius 3 is 2.71 bits per heavy atom. The van der Waals surface area contributed by atoms with Crippen LogP contribution in [0.25, 0.3) is 0 Å². The maximum Gasteiger partial charge on any atom is 0.241 e. The van der Waals surface area contributed by atoms with Gasteiger partial charge < -0.3 is 10.5 Å². The molecule has 5 nitrogen and oxygen atoms in total. The fourth-order valence-corrected chi connectivity index (χ4v) is 1.59. The van der Waals surface area contributed by atoms with Crippen LogP contribution in [0, 0.1) is 6.92 Å². The van der Waals surface area contributed by atoms with E-state index in [0.717, 1.165) is 17.8 Å². The first-order valence-electron chi connectivity index (χ1n) is 5.53. The molecule has 0 fully saturated rings. The number of aromatic nitrogens is 3. The zero-order chi connectivity index (χ0) is 12.4. The van der Waals surface area contributed by atoms with Gasteiger partial charge in [-0.1, -0.05) is 6.92 Å². The second-order valence-electron chi connectivity index (χ2n) is 3.88. The van der Waals surface area contributed by atoms with Crippen LogP contribution >= 0.6 is 0 Å². The summed E-state index contributed by atoms with van der Waals surface area (Å²) in [6.45, 7) is 3.94. The summed E-state index contributed by atoms with van der Waals surface area (Å²) in [6.07, 6.45) is 2.46. The minimum absolute atomic E-state index is 0.563. The highest BCUT2D eigenvalue weighted by Gasteiger charge is 2.13. The number of nitrogens with zero attached hydrogens (tertiary/aromatic N) is 3. The second kappa shape index (κ2) is 4.45. The average molecular weight is 232 g/mol. The molecule has 2 heterocycles. The summed E-state index contributed by atoms with van der Waals surface area (Å²) in [5.41, 5.74) is 8.36. The van der Waals surface area contributed by atoms with E-state index in [1.54, 1.807) is 10.9 Å². The smallest absolute Gasteiger partial charge is 0.241 e.